The fourth-order valence-electron chi connectivity index (χ4n) is 1.51. The van der Waals surface area contributed by atoms with E-state index in [1.54, 1.807) is 0 Å². The molecule has 1 saturated heterocycles. The first-order chi connectivity index (χ1) is 6.75. The van der Waals surface area contributed by atoms with Crippen molar-refractivity contribution in [2.24, 2.45) is 0 Å². The lowest BCUT2D eigenvalue weighted by Crippen LogP contribution is -2.55. The van der Waals surface area contributed by atoms with Gasteiger partial charge in [-0.3, -0.25) is 10.1 Å². The monoisotopic (exact) mass is 243 g/mol. The molecule has 1 aliphatic rings. The van der Waals surface area contributed by atoms with E-state index in [1.807, 2.05) is 6.92 Å². The molecule has 88 valence electrons. The van der Waals surface area contributed by atoms with Gasteiger partial charge in [-0.1, -0.05) is 6.92 Å². The molecule has 0 saturated carbocycles. The fraction of sp³-hybridized carbons (Fsp3) is 0.875. The Balaban J connectivity index is 2.64. The zero-order chi connectivity index (χ0) is 11.7. The topological polar surface area (TPSA) is 49.3 Å². The SMILES string of the molecule is CC1CC(NCC(F)(F)F)(C(=O)O)CS1. The van der Waals surface area contributed by atoms with Crippen LogP contribution in [0.1, 0.15) is 13.3 Å². The maximum absolute atomic E-state index is 12.0. The summed E-state index contributed by atoms with van der Waals surface area (Å²) in [7, 11) is 0. The first kappa shape index (κ1) is 12.6. The molecular formula is C8H12F3NO2S. The molecule has 0 bridgehead atoms. The summed E-state index contributed by atoms with van der Waals surface area (Å²) in [4.78, 5) is 10.9. The van der Waals surface area contributed by atoms with Gasteiger partial charge in [-0.05, 0) is 6.42 Å². The molecule has 15 heavy (non-hydrogen) atoms. The minimum absolute atomic E-state index is 0.0711. The molecule has 7 heteroatoms. The Bertz CT molecular complexity index is 259. The van der Waals surface area contributed by atoms with Crippen molar-refractivity contribution in [2.75, 3.05) is 12.3 Å². The van der Waals surface area contributed by atoms with E-state index in [2.05, 4.69) is 5.32 Å². The van der Waals surface area contributed by atoms with Crippen molar-refractivity contribution in [3.05, 3.63) is 0 Å². The summed E-state index contributed by atoms with van der Waals surface area (Å²) < 4.78 is 35.9. The lowest BCUT2D eigenvalue weighted by Gasteiger charge is -2.25. The standard InChI is InChI=1S/C8H12F3NO2S/c1-5-2-7(4-15-5,6(13)14)12-3-8(9,10)11/h5,12H,2-4H2,1H3,(H,13,14). The van der Waals surface area contributed by atoms with Crippen molar-refractivity contribution < 1.29 is 23.1 Å². The number of carboxylic acid groups (broad SMARTS) is 1. The Kier molecular flexibility index (Phi) is 3.55. The van der Waals surface area contributed by atoms with Gasteiger partial charge in [0.15, 0.2) is 0 Å². The molecule has 2 atom stereocenters. The Labute approximate surface area is 89.4 Å². The van der Waals surface area contributed by atoms with Crippen molar-refractivity contribution in [1.82, 2.24) is 5.32 Å². The van der Waals surface area contributed by atoms with Crippen LogP contribution in [-0.2, 0) is 4.79 Å². The molecule has 0 aliphatic carbocycles. The highest BCUT2D eigenvalue weighted by Gasteiger charge is 2.46. The third-order valence-electron chi connectivity index (χ3n) is 2.29. The molecular weight excluding hydrogens is 231 g/mol. The van der Waals surface area contributed by atoms with Crippen LogP contribution in [0.5, 0.6) is 0 Å². The summed E-state index contributed by atoms with van der Waals surface area (Å²) in [5, 5.41) is 11.1. The number of carbonyl (C=O) groups is 1. The fourth-order valence-corrected chi connectivity index (χ4v) is 2.83. The number of rotatable bonds is 3. The maximum Gasteiger partial charge on any atom is 0.401 e. The van der Waals surface area contributed by atoms with Crippen LogP contribution in [0.4, 0.5) is 13.2 Å². The summed E-state index contributed by atoms with van der Waals surface area (Å²) in [5.74, 6) is -1.02. The van der Waals surface area contributed by atoms with E-state index in [4.69, 9.17) is 5.11 Å². The second-order valence-corrected chi connectivity index (χ2v) is 5.11. The molecule has 3 nitrogen and oxygen atoms in total. The molecule has 1 fully saturated rings. The zero-order valence-corrected chi connectivity index (χ0v) is 8.91. The van der Waals surface area contributed by atoms with E-state index in [1.165, 1.54) is 11.8 Å². The molecule has 2 unspecified atom stereocenters. The van der Waals surface area contributed by atoms with Crippen LogP contribution in [0.25, 0.3) is 0 Å². The molecule has 2 N–H and O–H groups in total. The quantitative estimate of drug-likeness (QED) is 0.788. The Morgan fingerprint density at radius 1 is 1.67 bits per heavy atom. The minimum Gasteiger partial charge on any atom is -0.480 e. The van der Waals surface area contributed by atoms with Crippen LogP contribution in [0.3, 0.4) is 0 Å². The third-order valence-corrected chi connectivity index (χ3v) is 3.68. The third kappa shape index (κ3) is 3.27. The van der Waals surface area contributed by atoms with Crippen LogP contribution in [0, 0.1) is 0 Å². The van der Waals surface area contributed by atoms with Gasteiger partial charge in [0.05, 0.1) is 6.54 Å². The molecule has 1 aliphatic heterocycles. The van der Waals surface area contributed by atoms with Crippen molar-refractivity contribution in [1.29, 1.82) is 0 Å². The average molecular weight is 243 g/mol. The first-order valence-corrected chi connectivity index (χ1v) is 5.47. The number of alkyl halides is 3. The number of aliphatic carboxylic acids is 1. The Morgan fingerprint density at radius 2 is 2.27 bits per heavy atom. The second kappa shape index (κ2) is 4.21. The van der Waals surface area contributed by atoms with Gasteiger partial charge in [-0.15, -0.1) is 0 Å². The van der Waals surface area contributed by atoms with Crippen LogP contribution < -0.4 is 5.32 Å². The van der Waals surface area contributed by atoms with E-state index in [0.29, 0.717) is 0 Å². The van der Waals surface area contributed by atoms with Gasteiger partial charge in [0, 0.05) is 11.0 Å². The predicted molar refractivity (Wildman–Crippen MR) is 51.0 cm³/mol. The maximum atomic E-state index is 12.0. The highest BCUT2D eigenvalue weighted by atomic mass is 32.2. The van der Waals surface area contributed by atoms with Crippen molar-refractivity contribution >= 4 is 17.7 Å². The average Bonchev–Trinajstić information content (AvgIpc) is 2.44. The number of thioether (sulfide) groups is 1. The van der Waals surface area contributed by atoms with Gasteiger partial charge in [-0.25, -0.2) is 0 Å². The van der Waals surface area contributed by atoms with Gasteiger partial charge >= 0.3 is 12.1 Å². The van der Waals surface area contributed by atoms with Crippen molar-refractivity contribution in [3.8, 4) is 0 Å². The number of hydrogen-bond donors (Lipinski definition) is 2. The van der Waals surface area contributed by atoms with Gasteiger partial charge in [0.1, 0.15) is 5.54 Å². The van der Waals surface area contributed by atoms with Crippen LogP contribution in [0.15, 0.2) is 0 Å². The summed E-state index contributed by atoms with van der Waals surface area (Å²) in [5.41, 5.74) is -1.42. The van der Waals surface area contributed by atoms with Crippen molar-refractivity contribution in [3.63, 3.8) is 0 Å². The zero-order valence-electron chi connectivity index (χ0n) is 8.10. The summed E-state index contributed by atoms with van der Waals surface area (Å²) in [6.45, 7) is 0.553. The lowest BCUT2D eigenvalue weighted by molar-refractivity contribution is -0.149. The number of carboxylic acids is 1. The Morgan fingerprint density at radius 3 is 2.60 bits per heavy atom. The van der Waals surface area contributed by atoms with Gasteiger partial charge in [0.2, 0.25) is 0 Å². The van der Waals surface area contributed by atoms with Gasteiger partial charge in [0.25, 0.3) is 0 Å². The number of halogens is 3. The summed E-state index contributed by atoms with van der Waals surface area (Å²) in [6, 6.07) is 0. The molecule has 0 spiro atoms. The molecule has 1 rings (SSSR count). The molecule has 0 radical (unpaired) electrons. The smallest absolute Gasteiger partial charge is 0.401 e. The van der Waals surface area contributed by atoms with Crippen LogP contribution in [0.2, 0.25) is 0 Å². The van der Waals surface area contributed by atoms with Gasteiger partial charge in [-0.2, -0.15) is 24.9 Å². The highest BCUT2D eigenvalue weighted by molar-refractivity contribution is 8.00. The van der Waals surface area contributed by atoms with Crippen molar-refractivity contribution in [2.45, 2.75) is 30.3 Å². The molecule has 1 heterocycles. The Hall–Kier alpha value is -0.430. The number of nitrogens with one attached hydrogen (secondary N) is 1. The lowest BCUT2D eigenvalue weighted by atomic mass is 9.96. The summed E-state index contributed by atoms with van der Waals surface area (Å²) >= 11 is 1.37. The van der Waals surface area contributed by atoms with Crippen LogP contribution in [-0.4, -0.2) is 40.3 Å². The molecule has 0 aromatic rings. The molecule has 0 amide bonds. The van der Waals surface area contributed by atoms with E-state index in [-0.39, 0.29) is 17.4 Å². The molecule has 0 aromatic carbocycles. The van der Waals surface area contributed by atoms with E-state index in [9.17, 15) is 18.0 Å². The second-order valence-electron chi connectivity index (χ2n) is 3.68. The summed E-state index contributed by atoms with van der Waals surface area (Å²) in [6.07, 6.45) is -4.15. The number of hydrogen-bond acceptors (Lipinski definition) is 3. The molecule has 0 aromatic heterocycles. The first-order valence-electron chi connectivity index (χ1n) is 4.42. The van der Waals surface area contributed by atoms with Gasteiger partial charge < -0.3 is 5.11 Å². The predicted octanol–water partition coefficient (Wildman–Crippen LogP) is 1.49. The van der Waals surface area contributed by atoms with Crippen LogP contribution >= 0.6 is 11.8 Å². The van der Waals surface area contributed by atoms with E-state index in [0.717, 1.165) is 0 Å². The minimum atomic E-state index is -4.38. The highest BCUT2D eigenvalue weighted by Crippen LogP contribution is 2.35. The largest absolute Gasteiger partial charge is 0.480 e. The normalized spacial score (nSPS) is 31.9. The van der Waals surface area contributed by atoms with E-state index >= 15 is 0 Å². The van der Waals surface area contributed by atoms with E-state index < -0.39 is 24.2 Å².